The van der Waals surface area contributed by atoms with E-state index >= 15 is 0 Å². The van der Waals surface area contributed by atoms with E-state index < -0.39 is 15.4 Å². The van der Waals surface area contributed by atoms with Crippen molar-refractivity contribution in [2.45, 2.75) is 93.2 Å². The van der Waals surface area contributed by atoms with Gasteiger partial charge in [0.25, 0.3) is 0 Å². The Morgan fingerprint density at radius 1 is 1.05 bits per heavy atom. The van der Waals surface area contributed by atoms with Crippen LogP contribution in [0.1, 0.15) is 77.0 Å². The molecule has 2 saturated heterocycles. The summed E-state index contributed by atoms with van der Waals surface area (Å²) in [5, 5.41) is 10.2. The molecule has 2 atom stereocenters. The summed E-state index contributed by atoms with van der Waals surface area (Å²) in [4.78, 5) is 0. The van der Waals surface area contributed by atoms with Crippen LogP contribution >= 0.6 is 0 Å². The minimum atomic E-state index is -2.95. The van der Waals surface area contributed by atoms with E-state index in [1.54, 1.807) is 0 Å². The van der Waals surface area contributed by atoms with Crippen molar-refractivity contribution in [2.75, 3.05) is 0 Å². The number of unbranched alkanes of at least 4 members (excludes halogenated alkanes) is 5. The van der Waals surface area contributed by atoms with Crippen LogP contribution in [0, 0.1) is 0 Å². The van der Waals surface area contributed by atoms with Crippen LogP contribution in [-0.4, -0.2) is 29.6 Å². The number of rotatable bonds is 8. The summed E-state index contributed by atoms with van der Waals surface area (Å²) in [6.07, 6.45) is 13.1. The third kappa shape index (κ3) is 4.32. The van der Waals surface area contributed by atoms with E-state index in [1.807, 2.05) is 6.08 Å². The van der Waals surface area contributed by atoms with Gasteiger partial charge >= 0.3 is 0 Å². The maximum Gasteiger partial charge on any atom is 0.156 e. The van der Waals surface area contributed by atoms with Crippen molar-refractivity contribution in [2.24, 2.45) is 0 Å². The summed E-state index contributed by atoms with van der Waals surface area (Å²) in [6.45, 7) is 3.72. The van der Waals surface area contributed by atoms with Gasteiger partial charge in [-0.25, -0.2) is 8.42 Å². The van der Waals surface area contributed by atoms with E-state index in [4.69, 9.17) is 0 Å². The van der Waals surface area contributed by atoms with Gasteiger partial charge in [-0.2, -0.15) is 0 Å². The summed E-state index contributed by atoms with van der Waals surface area (Å²) >= 11 is 0. The summed E-state index contributed by atoms with van der Waals surface area (Å²) in [5.41, 5.74) is -0.720. The van der Waals surface area contributed by atoms with Gasteiger partial charge in [0.2, 0.25) is 0 Å². The molecule has 2 fully saturated rings. The molecule has 0 spiro atoms. The van der Waals surface area contributed by atoms with Crippen molar-refractivity contribution in [1.29, 1.82) is 0 Å². The standard InChI is InChI=1S/C17H30O3S/c1-2-3-4-5-6-7-8-12-17(18)13-15-10-9-11-16(14-17)21(15,19)20/h2,15-16,18H,1,3-14H2. The van der Waals surface area contributed by atoms with Gasteiger partial charge < -0.3 is 5.11 Å². The molecule has 2 aliphatic rings. The molecule has 21 heavy (non-hydrogen) atoms. The maximum absolute atomic E-state index is 12.2. The molecule has 122 valence electrons. The summed E-state index contributed by atoms with van der Waals surface area (Å²) in [6, 6.07) is 0. The van der Waals surface area contributed by atoms with Crippen LogP contribution in [0.2, 0.25) is 0 Å². The lowest BCUT2D eigenvalue weighted by atomic mass is 9.82. The number of aliphatic hydroxyl groups is 1. The van der Waals surface area contributed by atoms with E-state index in [9.17, 15) is 13.5 Å². The minimum Gasteiger partial charge on any atom is -0.390 e. The molecule has 3 nitrogen and oxygen atoms in total. The Hall–Kier alpha value is -0.350. The highest BCUT2D eigenvalue weighted by Gasteiger charge is 2.49. The lowest BCUT2D eigenvalue weighted by Crippen LogP contribution is -2.51. The fourth-order valence-corrected chi connectivity index (χ4v) is 6.64. The Balaban J connectivity index is 1.75. The highest BCUT2D eigenvalue weighted by atomic mass is 32.2. The Morgan fingerprint density at radius 3 is 2.24 bits per heavy atom. The molecule has 0 aromatic rings. The lowest BCUT2D eigenvalue weighted by molar-refractivity contribution is -0.000548. The van der Waals surface area contributed by atoms with Crippen LogP contribution in [0.5, 0.6) is 0 Å². The van der Waals surface area contributed by atoms with Crippen molar-refractivity contribution in [3.63, 3.8) is 0 Å². The van der Waals surface area contributed by atoms with Crippen LogP contribution < -0.4 is 0 Å². The monoisotopic (exact) mass is 314 g/mol. The average molecular weight is 314 g/mol. The van der Waals surface area contributed by atoms with Crippen molar-refractivity contribution >= 4 is 9.84 Å². The predicted molar refractivity (Wildman–Crippen MR) is 87.0 cm³/mol. The molecular formula is C17H30O3S. The molecule has 2 heterocycles. The Labute approximate surface area is 129 Å². The van der Waals surface area contributed by atoms with Crippen LogP contribution in [0.15, 0.2) is 12.7 Å². The van der Waals surface area contributed by atoms with Gasteiger partial charge in [0.15, 0.2) is 9.84 Å². The first-order valence-corrected chi connectivity index (χ1v) is 10.1. The van der Waals surface area contributed by atoms with Crippen LogP contribution in [0.25, 0.3) is 0 Å². The molecule has 2 bridgehead atoms. The first-order valence-electron chi connectivity index (χ1n) is 8.54. The molecule has 0 saturated carbocycles. The molecule has 2 rings (SSSR count). The number of sulfone groups is 1. The molecule has 2 aliphatic heterocycles. The van der Waals surface area contributed by atoms with Gasteiger partial charge in [0.05, 0.1) is 16.1 Å². The predicted octanol–water partition coefficient (Wildman–Crippen LogP) is 3.76. The van der Waals surface area contributed by atoms with Crippen molar-refractivity contribution in [3.05, 3.63) is 12.7 Å². The van der Waals surface area contributed by atoms with Gasteiger partial charge in [-0.3, -0.25) is 0 Å². The van der Waals surface area contributed by atoms with Crippen molar-refractivity contribution in [3.8, 4) is 0 Å². The Morgan fingerprint density at radius 2 is 1.62 bits per heavy atom. The fourth-order valence-electron chi connectivity index (χ4n) is 4.02. The van der Waals surface area contributed by atoms with Crippen LogP contribution in [0.4, 0.5) is 0 Å². The lowest BCUT2D eigenvalue weighted by Gasteiger charge is -2.44. The SMILES string of the molecule is C=CCCCCCCCC1(O)CC2CCCC(C1)S2(=O)=O. The van der Waals surface area contributed by atoms with Gasteiger partial charge in [0, 0.05) is 0 Å². The molecular weight excluding hydrogens is 284 g/mol. The molecule has 4 heteroatoms. The highest BCUT2D eigenvalue weighted by Crippen LogP contribution is 2.43. The second-order valence-electron chi connectivity index (χ2n) is 6.99. The fraction of sp³-hybridized carbons (Fsp3) is 0.882. The van der Waals surface area contributed by atoms with Crippen LogP contribution in [-0.2, 0) is 9.84 Å². The molecule has 2 unspecified atom stereocenters. The quantitative estimate of drug-likeness (QED) is 0.548. The Kier molecular flexibility index (Phi) is 5.89. The Bertz CT molecular complexity index is 421. The average Bonchev–Trinajstić information content (AvgIpc) is 2.40. The normalized spacial score (nSPS) is 34.5. The van der Waals surface area contributed by atoms with Gasteiger partial charge in [-0.15, -0.1) is 6.58 Å². The molecule has 0 aromatic heterocycles. The minimum absolute atomic E-state index is 0.275. The van der Waals surface area contributed by atoms with Gasteiger partial charge in [-0.1, -0.05) is 38.2 Å². The second-order valence-corrected chi connectivity index (χ2v) is 9.50. The molecule has 1 N–H and O–H groups in total. The highest BCUT2D eigenvalue weighted by molar-refractivity contribution is 7.92. The van der Waals surface area contributed by atoms with E-state index in [-0.39, 0.29) is 10.5 Å². The van der Waals surface area contributed by atoms with E-state index in [2.05, 4.69) is 6.58 Å². The molecule has 0 amide bonds. The summed E-state index contributed by atoms with van der Waals surface area (Å²) in [5.74, 6) is 0. The van der Waals surface area contributed by atoms with Crippen molar-refractivity contribution < 1.29 is 13.5 Å². The first-order chi connectivity index (χ1) is 9.98. The smallest absolute Gasteiger partial charge is 0.156 e. The van der Waals surface area contributed by atoms with E-state index in [0.717, 1.165) is 44.9 Å². The van der Waals surface area contributed by atoms with Crippen LogP contribution in [0.3, 0.4) is 0 Å². The number of hydrogen-bond donors (Lipinski definition) is 1. The van der Waals surface area contributed by atoms with Gasteiger partial charge in [-0.05, 0) is 44.9 Å². The van der Waals surface area contributed by atoms with Crippen molar-refractivity contribution in [1.82, 2.24) is 0 Å². The summed E-state index contributed by atoms with van der Waals surface area (Å²) < 4.78 is 24.5. The number of allylic oxidation sites excluding steroid dienone is 1. The molecule has 0 radical (unpaired) electrons. The largest absolute Gasteiger partial charge is 0.390 e. The first kappa shape index (κ1) is 17.0. The third-order valence-corrected chi connectivity index (χ3v) is 7.91. The van der Waals surface area contributed by atoms with Gasteiger partial charge in [0.1, 0.15) is 0 Å². The summed E-state index contributed by atoms with van der Waals surface area (Å²) in [7, 11) is -2.95. The zero-order valence-electron chi connectivity index (χ0n) is 13.1. The van der Waals surface area contributed by atoms with E-state index in [0.29, 0.717) is 12.8 Å². The molecule has 0 aliphatic carbocycles. The zero-order chi connectivity index (χ0) is 15.3. The second kappa shape index (κ2) is 7.28. The third-order valence-electron chi connectivity index (χ3n) is 5.25. The zero-order valence-corrected chi connectivity index (χ0v) is 13.9. The number of fused-ring (bicyclic) bond motifs is 2. The van der Waals surface area contributed by atoms with E-state index in [1.165, 1.54) is 19.3 Å². The topological polar surface area (TPSA) is 54.4 Å². The molecule has 0 aromatic carbocycles. The maximum atomic E-state index is 12.2. The number of hydrogen-bond acceptors (Lipinski definition) is 3.